The fourth-order valence-electron chi connectivity index (χ4n) is 1.47. The zero-order valence-electron chi connectivity index (χ0n) is 8.72. The molecular weight excluding hydrogens is 204 g/mol. The normalized spacial score (nSPS) is 14.2. The first-order chi connectivity index (χ1) is 7.78. The molecule has 0 atom stereocenters. The Morgan fingerprint density at radius 3 is 2.69 bits per heavy atom. The number of rotatable bonds is 4. The van der Waals surface area contributed by atoms with Crippen LogP contribution < -0.4 is 0 Å². The van der Waals surface area contributed by atoms with E-state index in [-0.39, 0.29) is 5.75 Å². The molecule has 16 heavy (non-hydrogen) atoms. The maximum atomic E-state index is 10.5. The van der Waals surface area contributed by atoms with Crippen molar-refractivity contribution in [2.75, 3.05) is 0 Å². The minimum Gasteiger partial charge on any atom is -0.508 e. The monoisotopic (exact) mass is 216 g/mol. The molecule has 0 aromatic heterocycles. The largest absolute Gasteiger partial charge is 0.508 e. The molecule has 0 unspecified atom stereocenters. The molecule has 0 fully saturated rings. The molecule has 3 nitrogen and oxygen atoms in total. The Kier molecular flexibility index (Phi) is 3.05. The summed E-state index contributed by atoms with van der Waals surface area (Å²) < 4.78 is 5.53. The average Bonchev–Trinajstić information content (AvgIpc) is 2.76. The van der Waals surface area contributed by atoms with Gasteiger partial charge in [-0.1, -0.05) is 18.2 Å². The molecule has 2 rings (SSSR count). The summed E-state index contributed by atoms with van der Waals surface area (Å²) in [6, 6.07) is 6.85. The summed E-state index contributed by atoms with van der Waals surface area (Å²) in [6.07, 6.45) is 5.07. The van der Waals surface area contributed by atoms with Crippen molar-refractivity contribution in [3.63, 3.8) is 0 Å². The van der Waals surface area contributed by atoms with Gasteiger partial charge >= 0.3 is 0 Å². The highest BCUT2D eigenvalue weighted by Gasteiger charge is 2.06. The van der Waals surface area contributed by atoms with Gasteiger partial charge in [-0.25, -0.2) is 0 Å². The van der Waals surface area contributed by atoms with Gasteiger partial charge in [0, 0.05) is 12.0 Å². The highest BCUT2D eigenvalue weighted by molar-refractivity contribution is 5.78. The zero-order valence-corrected chi connectivity index (χ0v) is 8.72. The molecule has 0 bridgehead atoms. The van der Waals surface area contributed by atoms with Gasteiger partial charge in [-0.15, -0.1) is 0 Å². The number of phenols is 1. The van der Waals surface area contributed by atoms with Crippen LogP contribution in [0.1, 0.15) is 12.0 Å². The number of allylic oxidation sites excluding steroid dienone is 3. The van der Waals surface area contributed by atoms with Crippen LogP contribution >= 0.6 is 0 Å². The highest BCUT2D eigenvalue weighted by atomic mass is 16.5. The van der Waals surface area contributed by atoms with Crippen molar-refractivity contribution in [1.29, 1.82) is 0 Å². The van der Waals surface area contributed by atoms with Crippen LogP contribution in [0.5, 0.6) is 5.75 Å². The first kappa shape index (κ1) is 10.5. The molecule has 0 radical (unpaired) electrons. The molecule has 1 aromatic carbocycles. The van der Waals surface area contributed by atoms with Crippen molar-refractivity contribution < 1.29 is 14.6 Å². The Balaban J connectivity index is 1.89. The predicted octanol–water partition coefficient (Wildman–Crippen LogP) is 2.32. The van der Waals surface area contributed by atoms with Crippen LogP contribution in [0.2, 0.25) is 0 Å². The van der Waals surface area contributed by atoms with Crippen LogP contribution in [0.15, 0.2) is 47.7 Å². The molecule has 0 aliphatic heterocycles. The van der Waals surface area contributed by atoms with Gasteiger partial charge in [-0.05, 0) is 23.8 Å². The first-order valence-corrected chi connectivity index (χ1v) is 5.04. The number of hydrogen-bond acceptors (Lipinski definition) is 3. The minimum atomic E-state index is 0.244. The molecule has 82 valence electrons. The second kappa shape index (κ2) is 4.66. The van der Waals surface area contributed by atoms with E-state index in [0.717, 1.165) is 17.6 Å². The molecule has 0 amide bonds. The molecule has 1 aliphatic carbocycles. The molecule has 0 spiro atoms. The van der Waals surface area contributed by atoms with Crippen molar-refractivity contribution in [2.24, 2.45) is 0 Å². The molecular formula is C13H12O3. The second-order valence-corrected chi connectivity index (χ2v) is 3.59. The van der Waals surface area contributed by atoms with Gasteiger partial charge in [-0.2, -0.15) is 0 Å². The third-order valence-corrected chi connectivity index (χ3v) is 2.36. The first-order valence-electron chi connectivity index (χ1n) is 5.04. The number of carbonyl (C=O) groups excluding carboxylic acids is 1. The van der Waals surface area contributed by atoms with Crippen molar-refractivity contribution in [2.45, 2.75) is 13.0 Å². The Morgan fingerprint density at radius 2 is 2.06 bits per heavy atom. The average molecular weight is 216 g/mol. The van der Waals surface area contributed by atoms with Crippen LogP contribution in [-0.4, -0.2) is 11.4 Å². The summed E-state index contributed by atoms with van der Waals surface area (Å²) in [7, 11) is 0. The van der Waals surface area contributed by atoms with E-state index < -0.39 is 0 Å². The van der Waals surface area contributed by atoms with E-state index in [1.54, 1.807) is 30.3 Å². The number of hydrogen-bond donors (Lipinski definition) is 1. The predicted molar refractivity (Wildman–Crippen MR) is 59.7 cm³/mol. The maximum Gasteiger partial charge on any atom is 0.149 e. The van der Waals surface area contributed by atoms with Crippen LogP contribution in [0.3, 0.4) is 0 Å². The molecule has 0 saturated carbocycles. The fraction of sp³-hybridized carbons (Fsp3) is 0.154. The lowest BCUT2D eigenvalue weighted by atomic mass is 10.2. The van der Waals surface area contributed by atoms with Gasteiger partial charge < -0.3 is 9.84 Å². The molecule has 0 saturated heterocycles. The molecule has 1 aromatic rings. The maximum absolute atomic E-state index is 10.5. The number of ether oxygens (including phenoxy) is 1. The lowest BCUT2D eigenvalue weighted by molar-refractivity contribution is -0.104. The lowest BCUT2D eigenvalue weighted by Gasteiger charge is -2.06. The minimum absolute atomic E-state index is 0.244. The van der Waals surface area contributed by atoms with Crippen molar-refractivity contribution >= 4 is 6.29 Å². The fourth-order valence-corrected chi connectivity index (χ4v) is 1.47. The van der Waals surface area contributed by atoms with E-state index in [1.807, 2.05) is 6.08 Å². The highest BCUT2D eigenvalue weighted by Crippen LogP contribution is 2.19. The van der Waals surface area contributed by atoms with E-state index in [4.69, 9.17) is 9.84 Å². The quantitative estimate of drug-likeness (QED) is 0.785. The molecule has 3 heteroatoms. The molecule has 1 N–H and O–H groups in total. The Bertz CT molecular complexity index is 441. The van der Waals surface area contributed by atoms with E-state index in [0.29, 0.717) is 18.6 Å². The Morgan fingerprint density at radius 1 is 1.31 bits per heavy atom. The van der Waals surface area contributed by atoms with E-state index >= 15 is 0 Å². The Labute approximate surface area is 93.7 Å². The van der Waals surface area contributed by atoms with Gasteiger partial charge in [0.05, 0.1) is 0 Å². The topological polar surface area (TPSA) is 46.5 Å². The third-order valence-electron chi connectivity index (χ3n) is 2.36. The third kappa shape index (κ3) is 2.51. The zero-order chi connectivity index (χ0) is 11.4. The summed E-state index contributed by atoms with van der Waals surface area (Å²) in [6.45, 7) is 0.450. The summed E-state index contributed by atoms with van der Waals surface area (Å²) >= 11 is 0. The van der Waals surface area contributed by atoms with Gasteiger partial charge in [0.25, 0.3) is 0 Å². The Hall–Kier alpha value is -2.03. The SMILES string of the molecule is O=CC1=CCC(OCc2ccc(O)cc2)=C1. The number of aldehydes is 1. The molecule has 1 aliphatic rings. The smallest absolute Gasteiger partial charge is 0.149 e. The van der Waals surface area contributed by atoms with Crippen LogP contribution in [0.25, 0.3) is 0 Å². The van der Waals surface area contributed by atoms with Gasteiger partial charge in [-0.3, -0.25) is 4.79 Å². The number of phenolic OH excluding ortho intramolecular Hbond substituents is 1. The van der Waals surface area contributed by atoms with E-state index in [2.05, 4.69) is 0 Å². The summed E-state index contributed by atoms with van der Waals surface area (Å²) in [4.78, 5) is 10.5. The van der Waals surface area contributed by atoms with Crippen molar-refractivity contribution in [3.05, 3.63) is 53.3 Å². The van der Waals surface area contributed by atoms with Crippen molar-refractivity contribution in [3.8, 4) is 5.75 Å². The summed E-state index contributed by atoms with van der Waals surface area (Å²) in [5.41, 5.74) is 1.65. The van der Waals surface area contributed by atoms with Crippen molar-refractivity contribution in [1.82, 2.24) is 0 Å². The summed E-state index contributed by atoms with van der Waals surface area (Å²) in [5, 5.41) is 9.10. The van der Waals surface area contributed by atoms with Crippen LogP contribution in [-0.2, 0) is 16.1 Å². The van der Waals surface area contributed by atoms with Gasteiger partial charge in [0.15, 0.2) is 0 Å². The number of aromatic hydroxyl groups is 1. The van der Waals surface area contributed by atoms with E-state index in [9.17, 15) is 4.79 Å². The number of benzene rings is 1. The van der Waals surface area contributed by atoms with Crippen LogP contribution in [0.4, 0.5) is 0 Å². The van der Waals surface area contributed by atoms with E-state index in [1.165, 1.54) is 0 Å². The molecule has 0 heterocycles. The lowest BCUT2D eigenvalue weighted by Crippen LogP contribution is -1.91. The second-order valence-electron chi connectivity index (χ2n) is 3.59. The van der Waals surface area contributed by atoms with Gasteiger partial charge in [0.1, 0.15) is 24.4 Å². The standard InChI is InChI=1S/C13H12O3/c14-8-11-3-6-13(7-11)16-9-10-1-4-12(15)5-2-10/h1-5,7-8,15H,6,9H2. The van der Waals surface area contributed by atoms with Crippen LogP contribution in [0, 0.1) is 0 Å². The summed E-state index contributed by atoms with van der Waals surface area (Å²) in [5.74, 6) is 1.05. The van der Waals surface area contributed by atoms with Gasteiger partial charge in [0.2, 0.25) is 0 Å². The number of carbonyl (C=O) groups is 1.